The van der Waals surface area contributed by atoms with Gasteiger partial charge in [-0.25, -0.2) is 8.42 Å². The average molecular weight is 585 g/mol. The van der Waals surface area contributed by atoms with Gasteiger partial charge in [0.15, 0.2) is 0 Å². The van der Waals surface area contributed by atoms with Crippen molar-refractivity contribution >= 4 is 50.7 Å². The molecule has 11 heteroatoms. The fourth-order valence-corrected chi connectivity index (χ4v) is 5.83. The van der Waals surface area contributed by atoms with Gasteiger partial charge in [0.2, 0.25) is 21.8 Å². The van der Waals surface area contributed by atoms with Gasteiger partial charge in [-0.2, -0.15) is 0 Å². The number of benzene rings is 2. The van der Waals surface area contributed by atoms with E-state index in [1.54, 1.807) is 42.5 Å². The Kier molecular flexibility index (Phi) is 10.7. The van der Waals surface area contributed by atoms with E-state index in [-0.39, 0.29) is 18.5 Å². The Morgan fingerprint density at radius 1 is 1.05 bits per heavy atom. The third-order valence-corrected chi connectivity index (χ3v) is 8.59. The van der Waals surface area contributed by atoms with Gasteiger partial charge in [-0.15, -0.1) is 0 Å². The maximum Gasteiger partial charge on any atom is 0.244 e. The maximum atomic E-state index is 13.8. The van der Waals surface area contributed by atoms with Gasteiger partial charge in [0.1, 0.15) is 18.3 Å². The Morgan fingerprint density at radius 3 is 2.26 bits per heavy atom. The summed E-state index contributed by atoms with van der Waals surface area (Å²) >= 11 is 12.3. The summed E-state index contributed by atoms with van der Waals surface area (Å²) in [4.78, 5) is 28.7. The molecule has 0 spiro atoms. The van der Waals surface area contributed by atoms with E-state index in [2.05, 4.69) is 5.32 Å². The number of methoxy groups -OCH3 is 1. The Morgan fingerprint density at radius 2 is 1.71 bits per heavy atom. The molecule has 0 heterocycles. The first-order valence-corrected chi connectivity index (χ1v) is 15.3. The largest absolute Gasteiger partial charge is 0.497 e. The summed E-state index contributed by atoms with van der Waals surface area (Å²) in [6, 6.07) is 10.7. The van der Waals surface area contributed by atoms with E-state index >= 15 is 0 Å². The molecule has 38 heavy (non-hydrogen) atoms. The highest BCUT2D eigenvalue weighted by molar-refractivity contribution is 7.92. The summed E-state index contributed by atoms with van der Waals surface area (Å²) in [6.45, 7) is 1.42. The van der Waals surface area contributed by atoms with Crippen LogP contribution in [-0.2, 0) is 26.2 Å². The normalized spacial score (nSPS) is 15.0. The van der Waals surface area contributed by atoms with Crippen molar-refractivity contribution in [3.63, 3.8) is 0 Å². The molecule has 2 aromatic rings. The van der Waals surface area contributed by atoms with E-state index in [0.717, 1.165) is 42.7 Å². The molecule has 1 atom stereocenters. The number of ether oxygens (including phenoxy) is 1. The second-order valence-electron chi connectivity index (χ2n) is 9.51. The lowest BCUT2D eigenvalue weighted by Gasteiger charge is -2.34. The number of hydrogen-bond donors (Lipinski definition) is 1. The molecule has 1 fully saturated rings. The third-order valence-electron chi connectivity index (χ3n) is 6.71. The van der Waals surface area contributed by atoms with Gasteiger partial charge in [0.25, 0.3) is 0 Å². The molecule has 1 saturated carbocycles. The molecule has 3 rings (SSSR count). The minimum absolute atomic E-state index is 0.0620. The van der Waals surface area contributed by atoms with Gasteiger partial charge in [-0.1, -0.05) is 55.5 Å². The third kappa shape index (κ3) is 8.01. The van der Waals surface area contributed by atoms with Crippen molar-refractivity contribution in [1.82, 2.24) is 10.2 Å². The zero-order valence-corrected chi connectivity index (χ0v) is 24.3. The minimum atomic E-state index is -3.82. The molecule has 1 N–H and O–H groups in total. The molecule has 8 nitrogen and oxygen atoms in total. The van der Waals surface area contributed by atoms with Gasteiger partial charge >= 0.3 is 0 Å². The first-order chi connectivity index (χ1) is 18.0. The van der Waals surface area contributed by atoms with E-state index < -0.39 is 28.5 Å². The zero-order chi connectivity index (χ0) is 27.9. The van der Waals surface area contributed by atoms with E-state index in [1.807, 2.05) is 6.92 Å². The van der Waals surface area contributed by atoms with Crippen LogP contribution in [0.15, 0.2) is 42.5 Å². The van der Waals surface area contributed by atoms with Crippen LogP contribution in [0.5, 0.6) is 5.75 Å². The lowest BCUT2D eigenvalue weighted by atomic mass is 9.95. The summed E-state index contributed by atoms with van der Waals surface area (Å²) in [6.07, 6.45) is 6.47. The number of anilines is 1. The molecule has 0 aromatic heterocycles. The number of halogens is 2. The molecule has 0 bridgehead atoms. The molecular weight excluding hydrogens is 549 g/mol. The smallest absolute Gasteiger partial charge is 0.244 e. The molecule has 208 valence electrons. The van der Waals surface area contributed by atoms with Gasteiger partial charge < -0.3 is 15.0 Å². The van der Waals surface area contributed by atoms with Crippen LogP contribution in [0.3, 0.4) is 0 Å². The number of nitrogens with zero attached hydrogens (tertiary/aromatic N) is 2. The van der Waals surface area contributed by atoms with Gasteiger partial charge in [0, 0.05) is 12.6 Å². The Balaban J connectivity index is 1.92. The number of carbonyl (C=O) groups excluding carboxylic acids is 2. The summed E-state index contributed by atoms with van der Waals surface area (Å²) in [7, 11) is -2.31. The average Bonchev–Trinajstić information content (AvgIpc) is 2.89. The number of amides is 2. The fourth-order valence-electron chi connectivity index (χ4n) is 4.66. The highest BCUT2D eigenvalue weighted by Gasteiger charge is 2.33. The van der Waals surface area contributed by atoms with Crippen LogP contribution in [0.25, 0.3) is 0 Å². The molecule has 0 aliphatic heterocycles. The molecular formula is C27H35Cl2N3O5S. The van der Waals surface area contributed by atoms with Gasteiger partial charge in [-0.3, -0.25) is 13.9 Å². The summed E-state index contributed by atoms with van der Waals surface area (Å²) in [5.41, 5.74) is 0.989. The predicted molar refractivity (Wildman–Crippen MR) is 151 cm³/mol. The van der Waals surface area contributed by atoms with E-state index in [1.165, 1.54) is 12.0 Å². The summed E-state index contributed by atoms with van der Waals surface area (Å²) < 4.78 is 31.7. The van der Waals surface area contributed by atoms with Crippen LogP contribution in [-0.4, -0.2) is 57.1 Å². The lowest BCUT2D eigenvalue weighted by molar-refractivity contribution is -0.140. The van der Waals surface area contributed by atoms with Crippen molar-refractivity contribution in [2.24, 2.45) is 0 Å². The van der Waals surface area contributed by atoms with Crippen LogP contribution in [0.4, 0.5) is 5.69 Å². The fraction of sp³-hybridized carbons (Fsp3) is 0.481. The highest BCUT2D eigenvalue weighted by atomic mass is 35.5. The first kappa shape index (κ1) is 30.1. The highest BCUT2D eigenvalue weighted by Crippen LogP contribution is 2.26. The van der Waals surface area contributed by atoms with Gasteiger partial charge in [0.05, 0.1) is 29.1 Å². The first-order valence-electron chi connectivity index (χ1n) is 12.7. The second-order valence-corrected chi connectivity index (χ2v) is 12.2. The molecule has 1 aliphatic carbocycles. The molecule has 0 unspecified atom stereocenters. The standard InChI is InChI=1S/C27H35Cl2N3O5S/c1-4-25(27(34)30-20-8-6-5-7-9-20)31(17-19-10-15-23(28)24(29)16-19)26(33)18-32(38(3,35)36)21-11-13-22(37-2)14-12-21/h10-16,20,25H,4-9,17-18H2,1-3H3,(H,30,34)/t25-/m0/s1. The Hall–Kier alpha value is -2.49. The van der Waals surface area contributed by atoms with Crippen LogP contribution in [0, 0.1) is 0 Å². The zero-order valence-electron chi connectivity index (χ0n) is 22.0. The Bertz CT molecular complexity index is 1220. The topological polar surface area (TPSA) is 96.0 Å². The van der Waals surface area contributed by atoms with Crippen LogP contribution in [0.2, 0.25) is 10.0 Å². The maximum absolute atomic E-state index is 13.8. The lowest BCUT2D eigenvalue weighted by Crippen LogP contribution is -2.53. The molecule has 2 amide bonds. The quantitative estimate of drug-likeness (QED) is 0.400. The molecule has 0 saturated heterocycles. The van der Waals surface area contributed by atoms with Crippen molar-refractivity contribution in [1.29, 1.82) is 0 Å². The van der Waals surface area contributed by atoms with Crippen molar-refractivity contribution in [2.45, 2.75) is 64.1 Å². The SMILES string of the molecule is CC[C@@H](C(=O)NC1CCCCC1)N(Cc1ccc(Cl)c(Cl)c1)C(=O)CN(c1ccc(OC)cc1)S(C)(=O)=O. The minimum Gasteiger partial charge on any atom is -0.497 e. The van der Waals surface area contributed by atoms with Crippen molar-refractivity contribution < 1.29 is 22.7 Å². The molecule has 1 aliphatic rings. The van der Waals surface area contributed by atoms with E-state index in [4.69, 9.17) is 27.9 Å². The van der Waals surface area contributed by atoms with Crippen LogP contribution in [0.1, 0.15) is 51.0 Å². The van der Waals surface area contributed by atoms with Crippen molar-refractivity contribution in [2.75, 3.05) is 24.2 Å². The number of hydrogen-bond acceptors (Lipinski definition) is 5. The van der Waals surface area contributed by atoms with Crippen molar-refractivity contribution in [3.8, 4) is 5.75 Å². The molecule has 0 radical (unpaired) electrons. The summed E-state index contributed by atoms with van der Waals surface area (Å²) in [5.74, 6) is -0.202. The van der Waals surface area contributed by atoms with E-state index in [9.17, 15) is 18.0 Å². The van der Waals surface area contributed by atoms with Crippen molar-refractivity contribution in [3.05, 3.63) is 58.1 Å². The van der Waals surface area contributed by atoms with E-state index in [0.29, 0.717) is 33.5 Å². The Labute approximate surface area is 235 Å². The van der Waals surface area contributed by atoms with Gasteiger partial charge in [-0.05, 0) is 61.2 Å². The number of nitrogens with one attached hydrogen (secondary N) is 1. The summed E-state index contributed by atoms with van der Waals surface area (Å²) in [5, 5.41) is 3.81. The van der Waals surface area contributed by atoms with Crippen LogP contribution >= 0.6 is 23.2 Å². The number of rotatable bonds is 11. The number of sulfonamides is 1. The monoisotopic (exact) mass is 583 g/mol. The van der Waals surface area contributed by atoms with Crippen LogP contribution < -0.4 is 14.4 Å². The predicted octanol–water partition coefficient (Wildman–Crippen LogP) is 5.02. The number of carbonyl (C=O) groups is 2. The molecule has 2 aromatic carbocycles. The second kappa shape index (κ2) is 13.5.